The first kappa shape index (κ1) is 24.8. The second kappa shape index (κ2) is 13.1. The molecular weight excluding hydrogens is 391 g/mol. The van der Waals surface area contributed by atoms with Crippen LogP contribution < -0.4 is 16.4 Å². The van der Waals surface area contributed by atoms with E-state index in [0.717, 1.165) is 5.56 Å². The molecule has 0 spiro atoms. The SMILES string of the molecule is COC(CN)CC(=O)NCc1ccc(NC(=O)c2cccnc2)cc1.Cl.Cl. The van der Waals surface area contributed by atoms with Gasteiger partial charge in [0, 0.05) is 38.3 Å². The van der Waals surface area contributed by atoms with Crippen molar-refractivity contribution < 1.29 is 14.3 Å². The molecule has 1 atom stereocenters. The van der Waals surface area contributed by atoms with Crippen molar-refractivity contribution in [3.63, 3.8) is 0 Å². The summed E-state index contributed by atoms with van der Waals surface area (Å²) in [6.07, 6.45) is 3.08. The summed E-state index contributed by atoms with van der Waals surface area (Å²) >= 11 is 0. The summed E-state index contributed by atoms with van der Waals surface area (Å²) < 4.78 is 5.08. The molecular formula is C18H24Cl2N4O3. The molecule has 0 saturated heterocycles. The first-order valence-corrected chi connectivity index (χ1v) is 7.92. The average Bonchev–Trinajstić information content (AvgIpc) is 2.66. The highest BCUT2D eigenvalue weighted by Crippen LogP contribution is 2.11. The van der Waals surface area contributed by atoms with Crippen LogP contribution in [0.5, 0.6) is 0 Å². The average molecular weight is 415 g/mol. The Kier molecular flexibility index (Phi) is 12.0. The quantitative estimate of drug-likeness (QED) is 0.613. The van der Waals surface area contributed by atoms with E-state index in [2.05, 4.69) is 15.6 Å². The molecule has 9 heteroatoms. The first-order chi connectivity index (χ1) is 12.1. The fourth-order valence-corrected chi connectivity index (χ4v) is 2.15. The predicted octanol–water partition coefficient (Wildman–Crippen LogP) is 2.16. The second-order valence-electron chi connectivity index (χ2n) is 5.47. The van der Waals surface area contributed by atoms with Gasteiger partial charge >= 0.3 is 0 Å². The highest BCUT2D eigenvalue weighted by molar-refractivity contribution is 6.04. The number of nitrogens with two attached hydrogens (primary N) is 1. The number of hydrogen-bond acceptors (Lipinski definition) is 5. The lowest BCUT2D eigenvalue weighted by atomic mass is 10.2. The van der Waals surface area contributed by atoms with Crippen molar-refractivity contribution in [2.24, 2.45) is 5.73 Å². The lowest BCUT2D eigenvalue weighted by Crippen LogP contribution is -2.31. The Balaban J connectivity index is 0.00000338. The van der Waals surface area contributed by atoms with Gasteiger partial charge in [0.05, 0.1) is 18.1 Å². The molecule has 7 nitrogen and oxygen atoms in total. The van der Waals surface area contributed by atoms with E-state index in [0.29, 0.717) is 24.3 Å². The van der Waals surface area contributed by atoms with Crippen molar-refractivity contribution >= 4 is 42.3 Å². The summed E-state index contributed by atoms with van der Waals surface area (Å²) in [5.41, 5.74) is 7.58. The molecule has 4 N–H and O–H groups in total. The molecule has 27 heavy (non-hydrogen) atoms. The summed E-state index contributed by atoms with van der Waals surface area (Å²) in [5, 5.41) is 5.61. The number of hydrogen-bond donors (Lipinski definition) is 3. The van der Waals surface area contributed by atoms with E-state index in [4.69, 9.17) is 10.5 Å². The smallest absolute Gasteiger partial charge is 0.257 e. The predicted molar refractivity (Wildman–Crippen MR) is 109 cm³/mol. The van der Waals surface area contributed by atoms with E-state index >= 15 is 0 Å². The van der Waals surface area contributed by atoms with Crippen molar-refractivity contribution in [2.75, 3.05) is 19.0 Å². The number of halogens is 2. The van der Waals surface area contributed by atoms with Crippen molar-refractivity contribution in [3.05, 3.63) is 59.9 Å². The van der Waals surface area contributed by atoms with Gasteiger partial charge in [0.2, 0.25) is 5.91 Å². The van der Waals surface area contributed by atoms with Crippen LogP contribution in [0.15, 0.2) is 48.8 Å². The van der Waals surface area contributed by atoms with Gasteiger partial charge in [0.15, 0.2) is 0 Å². The Bertz CT molecular complexity index is 696. The molecule has 0 fully saturated rings. The maximum atomic E-state index is 12.0. The minimum Gasteiger partial charge on any atom is -0.380 e. The van der Waals surface area contributed by atoms with E-state index in [1.165, 1.54) is 13.3 Å². The van der Waals surface area contributed by atoms with Crippen molar-refractivity contribution in [1.29, 1.82) is 0 Å². The van der Waals surface area contributed by atoms with Crippen LogP contribution in [0.1, 0.15) is 22.3 Å². The van der Waals surface area contributed by atoms with E-state index in [9.17, 15) is 9.59 Å². The normalized spacial score (nSPS) is 10.7. The standard InChI is InChI=1S/C18H22N4O3.2ClH/c1-25-16(10-19)9-17(23)21-11-13-4-6-15(7-5-13)22-18(24)14-3-2-8-20-12-14;;/h2-8,12,16H,9-11,19H2,1H3,(H,21,23)(H,22,24);2*1H. The number of benzene rings is 1. The molecule has 148 valence electrons. The molecule has 2 rings (SSSR count). The van der Waals surface area contributed by atoms with Gasteiger partial charge < -0.3 is 21.1 Å². The minimum atomic E-state index is -0.273. The van der Waals surface area contributed by atoms with E-state index in [-0.39, 0.29) is 49.2 Å². The molecule has 1 aromatic heterocycles. The van der Waals surface area contributed by atoms with Gasteiger partial charge in [-0.3, -0.25) is 14.6 Å². The largest absolute Gasteiger partial charge is 0.380 e. The van der Waals surface area contributed by atoms with Crippen LogP contribution >= 0.6 is 24.8 Å². The van der Waals surface area contributed by atoms with Gasteiger partial charge in [0.25, 0.3) is 5.91 Å². The van der Waals surface area contributed by atoms with Crippen molar-refractivity contribution in [1.82, 2.24) is 10.3 Å². The van der Waals surface area contributed by atoms with Crippen molar-refractivity contribution in [2.45, 2.75) is 19.1 Å². The fourth-order valence-electron chi connectivity index (χ4n) is 2.15. The molecule has 0 saturated carbocycles. The summed E-state index contributed by atoms with van der Waals surface area (Å²) in [5.74, 6) is -0.340. The van der Waals surface area contributed by atoms with Crippen LogP contribution in [0.2, 0.25) is 0 Å². The second-order valence-corrected chi connectivity index (χ2v) is 5.47. The van der Waals surface area contributed by atoms with Gasteiger partial charge in [-0.15, -0.1) is 24.8 Å². The summed E-state index contributed by atoms with van der Waals surface area (Å²) in [7, 11) is 1.53. The summed E-state index contributed by atoms with van der Waals surface area (Å²) in [6, 6.07) is 10.7. The maximum Gasteiger partial charge on any atom is 0.257 e. The molecule has 0 bridgehead atoms. The van der Waals surface area contributed by atoms with Crippen LogP contribution in [0, 0.1) is 0 Å². The third-order valence-electron chi connectivity index (χ3n) is 3.63. The van der Waals surface area contributed by atoms with Crippen molar-refractivity contribution in [3.8, 4) is 0 Å². The first-order valence-electron chi connectivity index (χ1n) is 7.92. The number of amides is 2. The number of pyridine rings is 1. The number of nitrogens with zero attached hydrogens (tertiary/aromatic N) is 1. The molecule has 2 aromatic rings. The highest BCUT2D eigenvalue weighted by Gasteiger charge is 2.11. The zero-order valence-corrected chi connectivity index (χ0v) is 16.5. The van der Waals surface area contributed by atoms with E-state index in [1.807, 2.05) is 12.1 Å². The lowest BCUT2D eigenvalue weighted by Gasteiger charge is -2.12. The number of carbonyl (C=O) groups is 2. The summed E-state index contributed by atoms with van der Waals surface area (Å²) in [6.45, 7) is 0.700. The monoisotopic (exact) mass is 414 g/mol. The number of aromatic nitrogens is 1. The Labute approximate surface area is 170 Å². The number of methoxy groups -OCH3 is 1. The number of anilines is 1. The van der Waals surface area contributed by atoms with Crippen LogP contribution in [-0.4, -0.2) is 36.6 Å². The van der Waals surface area contributed by atoms with Gasteiger partial charge in [-0.2, -0.15) is 0 Å². The van der Waals surface area contributed by atoms with Gasteiger partial charge in [0.1, 0.15) is 0 Å². The number of rotatable bonds is 8. The fraction of sp³-hybridized carbons (Fsp3) is 0.278. The maximum absolute atomic E-state index is 12.0. The topological polar surface area (TPSA) is 106 Å². The third kappa shape index (κ3) is 8.36. The Morgan fingerprint density at radius 3 is 2.44 bits per heavy atom. The number of carbonyl (C=O) groups excluding carboxylic acids is 2. The van der Waals surface area contributed by atoms with Gasteiger partial charge in [-0.25, -0.2) is 0 Å². The molecule has 1 heterocycles. The van der Waals surface area contributed by atoms with Crippen LogP contribution in [-0.2, 0) is 16.1 Å². The Morgan fingerprint density at radius 1 is 1.19 bits per heavy atom. The number of ether oxygens (including phenoxy) is 1. The number of nitrogens with one attached hydrogen (secondary N) is 2. The molecule has 1 unspecified atom stereocenters. The zero-order chi connectivity index (χ0) is 18.1. The van der Waals surface area contributed by atoms with E-state index in [1.54, 1.807) is 30.5 Å². The van der Waals surface area contributed by atoms with Crippen LogP contribution in [0.3, 0.4) is 0 Å². The third-order valence-corrected chi connectivity index (χ3v) is 3.63. The highest BCUT2D eigenvalue weighted by atomic mass is 35.5. The Morgan fingerprint density at radius 2 is 1.89 bits per heavy atom. The molecule has 0 aliphatic rings. The molecule has 0 radical (unpaired) electrons. The summed E-state index contributed by atoms with van der Waals surface area (Å²) in [4.78, 5) is 27.8. The Hall–Kier alpha value is -2.19. The zero-order valence-electron chi connectivity index (χ0n) is 14.9. The van der Waals surface area contributed by atoms with Gasteiger partial charge in [-0.1, -0.05) is 12.1 Å². The van der Waals surface area contributed by atoms with E-state index < -0.39 is 0 Å². The minimum absolute atomic E-state index is 0. The lowest BCUT2D eigenvalue weighted by molar-refractivity contribution is -0.123. The van der Waals surface area contributed by atoms with Crippen LogP contribution in [0.25, 0.3) is 0 Å². The van der Waals surface area contributed by atoms with Crippen LogP contribution in [0.4, 0.5) is 5.69 Å². The molecule has 2 amide bonds. The molecule has 0 aliphatic heterocycles. The van der Waals surface area contributed by atoms with Gasteiger partial charge in [-0.05, 0) is 29.8 Å². The molecule has 0 aliphatic carbocycles. The molecule has 1 aromatic carbocycles.